The van der Waals surface area contributed by atoms with Crippen LogP contribution in [-0.4, -0.2) is 9.97 Å². The van der Waals surface area contributed by atoms with Crippen LogP contribution in [0.1, 0.15) is 30.1 Å². The number of aromatic nitrogens is 2. The molecule has 4 nitrogen and oxygen atoms in total. The van der Waals surface area contributed by atoms with E-state index >= 15 is 0 Å². The molecule has 1 aromatic heterocycles. The van der Waals surface area contributed by atoms with E-state index in [1.165, 1.54) is 18.4 Å². The predicted molar refractivity (Wildman–Crippen MR) is 64.1 cm³/mol. The van der Waals surface area contributed by atoms with Crippen LogP contribution in [0.25, 0.3) is 10.9 Å². The monoisotopic (exact) mass is 214 g/mol. The van der Waals surface area contributed by atoms with Crippen molar-refractivity contribution in [3.05, 3.63) is 29.6 Å². The van der Waals surface area contributed by atoms with Gasteiger partial charge in [0.2, 0.25) is 0 Å². The van der Waals surface area contributed by atoms with E-state index in [1.54, 1.807) is 0 Å². The number of hydrazine groups is 1. The fraction of sp³-hybridized carbons (Fsp3) is 0.333. The highest BCUT2D eigenvalue weighted by atomic mass is 15.3. The topological polar surface area (TPSA) is 63.8 Å². The average molecular weight is 214 g/mol. The van der Waals surface area contributed by atoms with E-state index in [-0.39, 0.29) is 0 Å². The third-order valence-corrected chi connectivity index (χ3v) is 3.02. The van der Waals surface area contributed by atoms with Gasteiger partial charge in [-0.3, -0.25) is 0 Å². The van der Waals surface area contributed by atoms with Crippen LogP contribution in [0, 0.1) is 6.92 Å². The number of nitrogens with zero attached hydrogens (tertiary/aromatic N) is 2. The number of para-hydroxylation sites is 1. The molecule has 16 heavy (non-hydrogen) atoms. The molecule has 1 aromatic carbocycles. The molecule has 1 heterocycles. The highest BCUT2D eigenvalue weighted by molar-refractivity contribution is 5.91. The van der Waals surface area contributed by atoms with Crippen LogP contribution in [0.3, 0.4) is 0 Å². The van der Waals surface area contributed by atoms with Gasteiger partial charge in [-0.15, -0.1) is 0 Å². The number of rotatable bonds is 2. The van der Waals surface area contributed by atoms with E-state index in [2.05, 4.69) is 28.4 Å². The van der Waals surface area contributed by atoms with Crippen LogP contribution in [-0.2, 0) is 0 Å². The smallest absolute Gasteiger partial charge is 0.151 e. The van der Waals surface area contributed by atoms with E-state index in [1.807, 2.05) is 12.1 Å². The first kappa shape index (κ1) is 9.54. The van der Waals surface area contributed by atoms with E-state index in [9.17, 15) is 0 Å². The Balaban J connectivity index is 2.30. The molecule has 3 rings (SSSR count). The summed E-state index contributed by atoms with van der Waals surface area (Å²) in [5, 5.41) is 0.993. The largest absolute Gasteiger partial charge is 0.308 e. The van der Waals surface area contributed by atoms with Gasteiger partial charge in [0.1, 0.15) is 5.82 Å². The Morgan fingerprint density at radius 2 is 2.12 bits per heavy atom. The molecule has 4 heteroatoms. The van der Waals surface area contributed by atoms with Gasteiger partial charge in [-0.25, -0.2) is 15.8 Å². The van der Waals surface area contributed by atoms with Crippen LogP contribution in [0.15, 0.2) is 18.2 Å². The third-order valence-electron chi connectivity index (χ3n) is 3.02. The molecule has 1 aliphatic carbocycles. The summed E-state index contributed by atoms with van der Waals surface area (Å²) in [6.07, 6.45) is 2.39. The van der Waals surface area contributed by atoms with Gasteiger partial charge < -0.3 is 5.43 Å². The summed E-state index contributed by atoms with van der Waals surface area (Å²) in [5.41, 5.74) is 4.84. The van der Waals surface area contributed by atoms with E-state index < -0.39 is 0 Å². The van der Waals surface area contributed by atoms with Crippen LogP contribution in [0.5, 0.6) is 0 Å². The van der Waals surface area contributed by atoms with Gasteiger partial charge in [0.25, 0.3) is 0 Å². The van der Waals surface area contributed by atoms with Gasteiger partial charge in [0, 0.05) is 11.3 Å². The van der Waals surface area contributed by atoms with Gasteiger partial charge in [-0.1, -0.05) is 12.1 Å². The van der Waals surface area contributed by atoms with Crippen molar-refractivity contribution in [3.63, 3.8) is 0 Å². The molecule has 0 aliphatic heterocycles. The summed E-state index contributed by atoms with van der Waals surface area (Å²) in [4.78, 5) is 9.11. The number of nitrogens with two attached hydrogens (primary N) is 1. The summed E-state index contributed by atoms with van der Waals surface area (Å²) in [6.45, 7) is 2.06. The minimum absolute atomic E-state index is 0.538. The maximum atomic E-state index is 5.52. The SMILES string of the molecule is Cc1cccc2c(NN)nc(C3CC3)nc12. The number of benzene rings is 1. The fourth-order valence-corrected chi connectivity index (χ4v) is 1.95. The summed E-state index contributed by atoms with van der Waals surface area (Å²) in [6, 6.07) is 6.05. The minimum atomic E-state index is 0.538. The van der Waals surface area contributed by atoms with Crippen molar-refractivity contribution >= 4 is 16.7 Å². The first-order valence-corrected chi connectivity index (χ1v) is 5.53. The Kier molecular flexibility index (Phi) is 2.04. The molecule has 2 aromatic rings. The fourth-order valence-electron chi connectivity index (χ4n) is 1.95. The summed E-state index contributed by atoms with van der Waals surface area (Å²) < 4.78 is 0. The zero-order chi connectivity index (χ0) is 11.1. The molecule has 0 atom stereocenters. The number of aryl methyl sites for hydroxylation is 1. The number of fused-ring (bicyclic) bond motifs is 1. The van der Waals surface area contributed by atoms with Crippen LogP contribution >= 0.6 is 0 Å². The molecule has 1 fully saturated rings. The van der Waals surface area contributed by atoms with Crippen LogP contribution in [0.4, 0.5) is 5.82 Å². The van der Waals surface area contributed by atoms with Crippen molar-refractivity contribution in [1.29, 1.82) is 0 Å². The maximum Gasteiger partial charge on any atom is 0.151 e. The van der Waals surface area contributed by atoms with E-state index in [0.29, 0.717) is 5.92 Å². The van der Waals surface area contributed by atoms with Crippen molar-refractivity contribution < 1.29 is 0 Å². The van der Waals surface area contributed by atoms with Gasteiger partial charge in [0.05, 0.1) is 5.52 Å². The average Bonchev–Trinajstić information content (AvgIpc) is 3.12. The maximum absolute atomic E-state index is 5.52. The Morgan fingerprint density at radius 3 is 2.81 bits per heavy atom. The molecular weight excluding hydrogens is 200 g/mol. The number of anilines is 1. The molecule has 0 bridgehead atoms. The van der Waals surface area contributed by atoms with Crippen LogP contribution in [0.2, 0.25) is 0 Å². The molecule has 0 amide bonds. The first-order chi connectivity index (χ1) is 7.79. The molecule has 0 unspecified atom stereocenters. The minimum Gasteiger partial charge on any atom is -0.308 e. The highest BCUT2D eigenvalue weighted by Gasteiger charge is 2.27. The van der Waals surface area contributed by atoms with Crippen LogP contribution < -0.4 is 11.3 Å². The molecule has 1 aliphatic rings. The van der Waals surface area contributed by atoms with E-state index in [4.69, 9.17) is 5.84 Å². The Bertz CT molecular complexity index is 546. The summed E-state index contributed by atoms with van der Waals surface area (Å²) in [5.74, 6) is 7.71. The zero-order valence-electron chi connectivity index (χ0n) is 9.20. The van der Waals surface area contributed by atoms with Crippen molar-refractivity contribution in [3.8, 4) is 0 Å². The lowest BCUT2D eigenvalue weighted by atomic mass is 10.1. The van der Waals surface area contributed by atoms with Gasteiger partial charge in [-0.2, -0.15) is 0 Å². The van der Waals surface area contributed by atoms with Gasteiger partial charge in [0.15, 0.2) is 5.82 Å². The second kappa shape index (κ2) is 3.42. The lowest BCUT2D eigenvalue weighted by Gasteiger charge is -2.08. The third kappa shape index (κ3) is 1.42. The lowest BCUT2D eigenvalue weighted by molar-refractivity contribution is 0.944. The number of nitrogens with one attached hydrogen (secondary N) is 1. The van der Waals surface area contributed by atoms with Gasteiger partial charge in [-0.05, 0) is 31.4 Å². The zero-order valence-corrected chi connectivity index (χ0v) is 9.20. The molecule has 0 spiro atoms. The second-order valence-corrected chi connectivity index (χ2v) is 4.32. The number of nitrogen functional groups attached to an aromatic ring is 1. The number of hydrogen-bond acceptors (Lipinski definition) is 4. The molecular formula is C12H14N4. The molecule has 0 radical (unpaired) electrons. The highest BCUT2D eigenvalue weighted by Crippen LogP contribution is 2.39. The number of hydrogen-bond donors (Lipinski definition) is 2. The summed E-state index contributed by atoms with van der Waals surface area (Å²) in [7, 11) is 0. The lowest BCUT2D eigenvalue weighted by Crippen LogP contribution is -2.11. The van der Waals surface area contributed by atoms with Crippen molar-refractivity contribution in [2.24, 2.45) is 5.84 Å². The van der Waals surface area contributed by atoms with E-state index in [0.717, 1.165) is 22.5 Å². The Hall–Kier alpha value is -1.68. The normalized spacial score (nSPS) is 15.4. The second-order valence-electron chi connectivity index (χ2n) is 4.32. The molecule has 0 saturated heterocycles. The van der Waals surface area contributed by atoms with Gasteiger partial charge >= 0.3 is 0 Å². The summed E-state index contributed by atoms with van der Waals surface area (Å²) >= 11 is 0. The van der Waals surface area contributed by atoms with Crippen molar-refractivity contribution in [2.75, 3.05) is 5.43 Å². The molecule has 1 saturated carbocycles. The van der Waals surface area contributed by atoms with Crippen molar-refractivity contribution in [1.82, 2.24) is 9.97 Å². The molecule has 82 valence electrons. The Morgan fingerprint density at radius 1 is 1.31 bits per heavy atom. The first-order valence-electron chi connectivity index (χ1n) is 5.53. The molecule has 3 N–H and O–H groups in total. The van der Waals surface area contributed by atoms with Crippen molar-refractivity contribution in [2.45, 2.75) is 25.7 Å². The predicted octanol–water partition coefficient (Wildman–Crippen LogP) is 2.10. The quantitative estimate of drug-likeness (QED) is 0.593. The standard InChI is InChI=1S/C12H14N4/c1-7-3-2-4-9-10(7)14-11(8-5-6-8)15-12(9)16-13/h2-4,8H,5-6,13H2,1H3,(H,14,15,16). The Labute approximate surface area is 93.9 Å².